The van der Waals surface area contributed by atoms with Crippen LogP contribution in [0.3, 0.4) is 0 Å². The molecule has 41 heavy (non-hydrogen) atoms. The molecule has 0 bridgehead atoms. The highest BCUT2D eigenvalue weighted by atomic mass is 19.1. The first-order valence-corrected chi connectivity index (χ1v) is 13.7. The molecule has 11 heteroatoms. The molecule has 0 fully saturated rings. The standard InChI is InChI=1S/C30H39FN4O6/c1-8-34(9-2)13-14-35(29(39)40-15-12-25(36)41-30(5,6)7)28(38)26-18(3)24(32-19(26)4)17-22-21-16-20(31)10-11-23(21)33-27(22)37/h10-11,16-17,32H,8-9,12-15H2,1-7H3,(H,33,37)/b22-17-. The number of H-pyrrole nitrogens is 1. The number of aryl methyl sites for hydroxylation is 1. The second kappa shape index (κ2) is 13.1. The quantitative estimate of drug-likeness (QED) is 0.307. The number of carbonyl (C=O) groups excluding carboxylic acids is 4. The van der Waals surface area contributed by atoms with E-state index in [-0.39, 0.29) is 36.6 Å². The number of esters is 1. The van der Waals surface area contributed by atoms with Crippen molar-refractivity contribution in [1.29, 1.82) is 0 Å². The molecule has 10 nitrogen and oxygen atoms in total. The summed E-state index contributed by atoms with van der Waals surface area (Å²) in [5.74, 6) is -1.95. The van der Waals surface area contributed by atoms with Crippen molar-refractivity contribution in [2.45, 2.75) is 60.5 Å². The molecule has 222 valence electrons. The molecule has 1 aromatic heterocycles. The van der Waals surface area contributed by atoms with E-state index in [0.29, 0.717) is 34.7 Å². The summed E-state index contributed by atoms with van der Waals surface area (Å²) >= 11 is 0. The highest BCUT2D eigenvalue weighted by molar-refractivity contribution is 6.35. The van der Waals surface area contributed by atoms with Gasteiger partial charge in [-0.2, -0.15) is 0 Å². The number of likely N-dealkylation sites (N-methyl/N-ethyl adjacent to an activating group) is 1. The van der Waals surface area contributed by atoms with Crippen LogP contribution in [0.2, 0.25) is 0 Å². The number of nitrogens with one attached hydrogen (secondary N) is 2. The van der Waals surface area contributed by atoms with Gasteiger partial charge in [0.05, 0.1) is 17.6 Å². The van der Waals surface area contributed by atoms with Crippen LogP contribution in [0, 0.1) is 19.7 Å². The Morgan fingerprint density at radius 1 is 1.07 bits per heavy atom. The number of fused-ring (bicyclic) bond motifs is 1. The number of nitrogens with zero attached hydrogens (tertiary/aromatic N) is 2. The first-order valence-electron chi connectivity index (χ1n) is 13.7. The molecular weight excluding hydrogens is 531 g/mol. The number of amides is 3. The lowest BCUT2D eigenvalue weighted by atomic mass is 10.0. The molecule has 0 radical (unpaired) electrons. The molecule has 1 aliphatic heterocycles. The number of hydrogen-bond acceptors (Lipinski definition) is 7. The average Bonchev–Trinajstić information content (AvgIpc) is 3.34. The Morgan fingerprint density at radius 2 is 1.76 bits per heavy atom. The molecule has 2 N–H and O–H groups in total. The number of aromatic amines is 1. The van der Waals surface area contributed by atoms with Crippen molar-refractivity contribution in [2.75, 3.05) is 38.1 Å². The lowest BCUT2D eigenvalue weighted by Gasteiger charge is -2.25. The van der Waals surface area contributed by atoms with Gasteiger partial charge in [0, 0.05) is 35.7 Å². The maximum absolute atomic E-state index is 13.9. The summed E-state index contributed by atoms with van der Waals surface area (Å²) in [5.41, 5.74) is 2.26. The van der Waals surface area contributed by atoms with Crippen LogP contribution in [0.5, 0.6) is 0 Å². The molecule has 0 spiro atoms. The van der Waals surface area contributed by atoms with Crippen LogP contribution in [0.15, 0.2) is 18.2 Å². The zero-order valence-electron chi connectivity index (χ0n) is 24.8. The monoisotopic (exact) mass is 570 g/mol. The van der Waals surface area contributed by atoms with Crippen LogP contribution in [0.25, 0.3) is 11.6 Å². The van der Waals surface area contributed by atoms with Crippen molar-refractivity contribution >= 4 is 41.2 Å². The fraction of sp³-hybridized carbons (Fsp3) is 0.467. The lowest BCUT2D eigenvalue weighted by Crippen LogP contribution is -2.43. The van der Waals surface area contributed by atoms with Crippen LogP contribution in [0.4, 0.5) is 14.9 Å². The molecule has 3 rings (SSSR count). The van der Waals surface area contributed by atoms with Gasteiger partial charge < -0.3 is 24.7 Å². The summed E-state index contributed by atoms with van der Waals surface area (Å²) in [6, 6.07) is 4.04. The first-order chi connectivity index (χ1) is 19.2. The number of ether oxygens (including phenoxy) is 2. The van der Waals surface area contributed by atoms with E-state index in [1.54, 1.807) is 40.7 Å². The van der Waals surface area contributed by atoms with Crippen LogP contribution >= 0.6 is 0 Å². The van der Waals surface area contributed by atoms with Gasteiger partial charge in [0.15, 0.2) is 0 Å². The van der Waals surface area contributed by atoms with Gasteiger partial charge in [0.2, 0.25) is 0 Å². The second-order valence-electron chi connectivity index (χ2n) is 10.8. The van der Waals surface area contributed by atoms with Crippen LogP contribution < -0.4 is 5.32 Å². The number of carbonyl (C=O) groups is 4. The summed E-state index contributed by atoms with van der Waals surface area (Å²) < 4.78 is 24.5. The number of rotatable bonds is 10. The average molecular weight is 571 g/mol. The van der Waals surface area contributed by atoms with Crippen LogP contribution in [-0.2, 0) is 19.1 Å². The summed E-state index contributed by atoms with van der Waals surface area (Å²) in [6.45, 7) is 14.3. The maximum atomic E-state index is 13.9. The molecule has 0 aliphatic carbocycles. The van der Waals surface area contributed by atoms with Crippen LogP contribution in [0.1, 0.15) is 73.9 Å². The summed E-state index contributed by atoms with van der Waals surface area (Å²) in [6.07, 6.45) is 0.551. The predicted molar refractivity (Wildman–Crippen MR) is 154 cm³/mol. The van der Waals surface area contributed by atoms with Crippen molar-refractivity contribution in [3.63, 3.8) is 0 Å². The fourth-order valence-electron chi connectivity index (χ4n) is 4.57. The Kier molecular flexibility index (Phi) is 10.1. The van der Waals surface area contributed by atoms with Gasteiger partial charge >= 0.3 is 12.1 Å². The molecule has 1 aromatic carbocycles. The minimum absolute atomic E-state index is 0.0708. The summed E-state index contributed by atoms with van der Waals surface area (Å²) in [7, 11) is 0. The number of imide groups is 1. The van der Waals surface area contributed by atoms with E-state index < -0.39 is 29.4 Å². The van der Waals surface area contributed by atoms with Crippen LogP contribution in [-0.4, -0.2) is 77.0 Å². The Hall–Kier alpha value is -3.99. The number of benzene rings is 1. The SMILES string of the molecule is CCN(CC)CCN(C(=O)OCCC(=O)OC(C)(C)C)C(=O)c1c(C)[nH]c(/C=C2\C(=O)Nc3ccc(F)cc32)c1C. The van der Waals surface area contributed by atoms with Gasteiger partial charge in [0.1, 0.15) is 18.0 Å². The van der Waals surface area contributed by atoms with Gasteiger partial charge in [-0.15, -0.1) is 0 Å². The third-order valence-corrected chi connectivity index (χ3v) is 6.69. The smallest absolute Gasteiger partial charge is 0.416 e. The summed E-state index contributed by atoms with van der Waals surface area (Å²) in [5, 5.41) is 2.71. The van der Waals surface area contributed by atoms with E-state index in [9.17, 15) is 23.6 Å². The molecule has 0 atom stereocenters. The number of halogens is 1. The molecule has 2 aromatic rings. The van der Waals surface area contributed by atoms with Gasteiger partial charge in [-0.1, -0.05) is 13.8 Å². The van der Waals surface area contributed by atoms with E-state index in [1.165, 1.54) is 18.2 Å². The third kappa shape index (κ3) is 7.81. The topological polar surface area (TPSA) is 121 Å². The summed E-state index contributed by atoms with van der Waals surface area (Å²) in [4.78, 5) is 57.8. The van der Waals surface area contributed by atoms with Gasteiger partial charge in [-0.3, -0.25) is 14.4 Å². The van der Waals surface area contributed by atoms with E-state index in [0.717, 1.165) is 18.0 Å². The van der Waals surface area contributed by atoms with Gasteiger partial charge in [-0.05, 0) is 77.5 Å². The highest BCUT2D eigenvalue weighted by Crippen LogP contribution is 2.34. The zero-order valence-corrected chi connectivity index (χ0v) is 24.8. The Bertz CT molecular complexity index is 1350. The van der Waals surface area contributed by atoms with Crippen molar-refractivity contribution in [3.05, 3.63) is 52.1 Å². The third-order valence-electron chi connectivity index (χ3n) is 6.69. The van der Waals surface area contributed by atoms with Gasteiger partial charge in [-0.25, -0.2) is 14.1 Å². The minimum atomic E-state index is -0.870. The molecule has 2 heterocycles. The number of anilines is 1. The van der Waals surface area contributed by atoms with E-state index in [1.807, 2.05) is 13.8 Å². The Morgan fingerprint density at radius 3 is 2.39 bits per heavy atom. The van der Waals surface area contributed by atoms with Crippen molar-refractivity contribution < 1.29 is 33.0 Å². The largest absolute Gasteiger partial charge is 0.460 e. The van der Waals surface area contributed by atoms with E-state index in [2.05, 4.69) is 15.2 Å². The molecule has 0 saturated carbocycles. The minimum Gasteiger partial charge on any atom is -0.460 e. The van der Waals surface area contributed by atoms with E-state index in [4.69, 9.17) is 9.47 Å². The normalized spacial score (nSPS) is 13.8. The zero-order chi connectivity index (χ0) is 30.5. The molecule has 3 amide bonds. The maximum Gasteiger partial charge on any atom is 0.416 e. The molecule has 1 aliphatic rings. The lowest BCUT2D eigenvalue weighted by molar-refractivity contribution is -0.155. The number of hydrogen-bond donors (Lipinski definition) is 2. The molecule has 0 unspecified atom stereocenters. The Labute approximate surface area is 239 Å². The number of aromatic nitrogens is 1. The van der Waals surface area contributed by atoms with Crippen molar-refractivity contribution in [1.82, 2.24) is 14.8 Å². The van der Waals surface area contributed by atoms with Crippen molar-refractivity contribution in [2.24, 2.45) is 0 Å². The molecular formula is C30H39FN4O6. The molecule has 0 saturated heterocycles. The van der Waals surface area contributed by atoms with Crippen molar-refractivity contribution in [3.8, 4) is 0 Å². The fourth-order valence-corrected chi connectivity index (χ4v) is 4.57. The Balaban J connectivity index is 1.87. The highest BCUT2D eigenvalue weighted by Gasteiger charge is 2.30. The van der Waals surface area contributed by atoms with Gasteiger partial charge in [0.25, 0.3) is 11.8 Å². The predicted octanol–water partition coefficient (Wildman–Crippen LogP) is 4.92. The van der Waals surface area contributed by atoms with E-state index >= 15 is 0 Å². The first kappa shape index (κ1) is 31.5. The second-order valence-corrected chi connectivity index (χ2v) is 10.8.